The van der Waals surface area contributed by atoms with Crippen LogP contribution in [0.4, 0.5) is 5.69 Å². The van der Waals surface area contributed by atoms with Gasteiger partial charge >= 0.3 is 0 Å². The second-order valence-electron chi connectivity index (χ2n) is 5.55. The van der Waals surface area contributed by atoms with Crippen molar-refractivity contribution in [3.63, 3.8) is 0 Å². The molecule has 0 saturated carbocycles. The van der Waals surface area contributed by atoms with Crippen molar-refractivity contribution in [3.8, 4) is 5.75 Å². The number of carbonyl (C=O) groups excluding carboxylic acids is 2. The maximum absolute atomic E-state index is 12.5. The molecule has 2 aromatic carbocycles. The van der Waals surface area contributed by atoms with E-state index in [4.69, 9.17) is 4.74 Å². The third-order valence-electron chi connectivity index (χ3n) is 3.61. The van der Waals surface area contributed by atoms with Crippen LogP contribution in [0.15, 0.2) is 53.0 Å². The van der Waals surface area contributed by atoms with E-state index in [1.165, 1.54) is 0 Å². The van der Waals surface area contributed by atoms with Crippen LogP contribution in [0, 0.1) is 5.92 Å². The summed E-state index contributed by atoms with van der Waals surface area (Å²) in [5.74, 6) is -1.60. The standard InChI is InChI=1S/C19H20BrNO4/c1-2-25-17-9-7-16(8-10-17)21-19(24)14(12-18(22)23)11-13-3-5-15(20)6-4-13/h3-10,14H,2,11-12H2,1H3,(H,21,24)(H,22,23)/p-1. The predicted molar refractivity (Wildman–Crippen MR) is 97.2 cm³/mol. The molecule has 0 saturated heterocycles. The van der Waals surface area contributed by atoms with Gasteiger partial charge in [-0.25, -0.2) is 0 Å². The Morgan fingerprint density at radius 3 is 2.32 bits per heavy atom. The van der Waals surface area contributed by atoms with E-state index in [2.05, 4.69) is 21.2 Å². The number of carboxylic acid groups (broad SMARTS) is 1. The van der Waals surface area contributed by atoms with Crippen molar-refractivity contribution in [2.24, 2.45) is 5.92 Å². The minimum absolute atomic E-state index is 0.324. The minimum Gasteiger partial charge on any atom is -0.550 e. The number of nitrogens with one attached hydrogen (secondary N) is 1. The van der Waals surface area contributed by atoms with Crippen LogP contribution in [0.2, 0.25) is 0 Å². The summed E-state index contributed by atoms with van der Waals surface area (Å²) in [5.41, 5.74) is 1.48. The van der Waals surface area contributed by atoms with Gasteiger partial charge in [-0.05, 0) is 61.7 Å². The zero-order valence-corrected chi connectivity index (χ0v) is 15.4. The monoisotopic (exact) mass is 404 g/mol. The van der Waals surface area contributed by atoms with E-state index < -0.39 is 11.9 Å². The predicted octanol–water partition coefficient (Wildman–Crippen LogP) is 2.79. The fourth-order valence-electron chi connectivity index (χ4n) is 2.41. The van der Waals surface area contributed by atoms with Crippen LogP contribution >= 0.6 is 15.9 Å². The molecule has 2 aromatic rings. The lowest BCUT2D eigenvalue weighted by Gasteiger charge is -2.18. The SMILES string of the molecule is CCOc1ccc(NC(=O)C(CC(=O)[O-])Cc2ccc(Br)cc2)cc1. The summed E-state index contributed by atoms with van der Waals surface area (Å²) in [6, 6.07) is 14.4. The Morgan fingerprint density at radius 2 is 1.76 bits per heavy atom. The van der Waals surface area contributed by atoms with E-state index in [1.54, 1.807) is 24.3 Å². The molecule has 0 aliphatic heterocycles. The normalized spacial score (nSPS) is 11.6. The number of carbonyl (C=O) groups is 2. The van der Waals surface area contributed by atoms with E-state index in [9.17, 15) is 14.7 Å². The number of hydrogen-bond acceptors (Lipinski definition) is 4. The first-order valence-electron chi connectivity index (χ1n) is 7.96. The van der Waals surface area contributed by atoms with Crippen LogP contribution in [0.25, 0.3) is 0 Å². The first kappa shape index (κ1) is 19.0. The fraction of sp³-hybridized carbons (Fsp3) is 0.263. The number of anilines is 1. The highest BCUT2D eigenvalue weighted by Gasteiger charge is 2.19. The molecule has 0 fully saturated rings. The average molecular weight is 405 g/mol. The van der Waals surface area contributed by atoms with E-state index in [0.717, 1.165) is 10.0 Å². The maximum Gasteiger partial charge on any atom is 0.228 e. The molecule has 1 amide bonds. The van der Waals surface area contributed by atoms with Crippen LogP contribution < -0.4 is 15.2 Å². The van der Waals surface area contributed by atoms with Crippen LogP contribution in [0.1, 0.15) is 18.9 Å². The third kappa shape index (κ3) is 6.23. The number of ether oxygens (including phenoxy) is 1. The average Bonchev–Trinajstić information content (AvgIpc) is 2.58. The summed E-state index contributed by atoms with van der Waals surface area (Å²) in [6.07, 6.45) is -0.0109. The number of carboxylic acids is 1. The highest BCUT2D eigenvalue weighted by molar-refractivity contribution is 9.10. The van der Waals surface area contributed by atoms with Crippen LogP contribution in [0.3, 0.4) is 0 Å². The molecular formula is C19H19BrNO4-. The second-order valence-corrected chi connectivity index (χ2v) is 6.47. The first-order valence-corrected chi connectivity index (χ1v) is 8.75. The fourth-order valence-corrected chi connectivity index (χ4v) is 2.67. The van der Waals surface area contributed by atoms with Gasteiger partial charge in [0.05, 0.1) is 6.61 Å². The second kappa shape index (κ2) is 9.22. The molecule has 0 aromatic heterocycles. The summed E-state index contributed by atoms with van der Waals surface area (Å²) in [7, 11) is 0. The van der Waals surface area contributed by atoms with Gasteiger partial charge in [0.25, 0.3) is 0 Å². The molecule has 0 spiro atoms. The zero-order valence-electron chi connectivity index (χ0n) is 13.8. The number of halogens is 1. The molecule has 0 aliphatic rings. The molecule has 1 unspecified atom stereocenters. The number of amides is 1. The molecule has 5 nitrogen and oxygen atoms in total. The van der Waals surface area contributed by atoms with E-state index >= 15 is 0 Å². The van der Waals surface area contributed by atoms with Crippen LogP contribution in [0.5, 0.6) is 5.75 Å². The molecule has 132 valence electrons. The molecule has 0 aliphatic carbocycles. The molecule has 6 heteroatoms. The molecule has 0 bridgehead atoms. The zero-order chi connectivity index (χ0) is 18.2. The van der Waals surface area contributed by atoms with E-state index in [0.29, 0.717) is 24.5 Å². The van der Waals surface area contributed by atoms with Gasteiger partial charge in [0.1, 0.15) is 5.75 Å². The van der Waals surface area contributed by atoms with Crippen molar-refractivity contribution in [2.75, 3.05) is 11.9 Å². The molecule has 25 heavy (non-hydrogen) atoms. The number of hydrogen-bond donors (Lipinski definition) is 1. The maximum atomic E-state index is 12.5. The Kier molecular flexibility index (Phi) is 7.01. The Morgan fingerprint density at radius 1 is 1.12 bits per heavy atom. The molecule has 0 heterocycles. The smallest absolute Gasteiger partial charge is 0.228 e. The van der Waals surface area contributed by atoms with E-state index in [1.807, 2.05) is 31.2 Å². The van der Waals surface area contributed by atoms with Crippen molar-refractivity contribution in [1.29, 1.82) is 0 Å². The number of rotatable bonds is 8. The molecule has 2 rings (SSSR count). The van der Waals surface area contributed by atoms with Gasteiger partial charge in [0, 0.05) is 22.0 Å². The molecule has 0 radical (unpaired) electrons. The lowest BCUT2D eigenvalue weighted by molar-refractivity contribution is -0.306. The first-order chi connectivity index (χ1) is 12.0. The van der Waals surface area contributed by atoms with Crippen LogP contribution in [-0.2, 0) is 16.0 Å². The summed E-state index contributed by atoms with van der Waals surface area (Å²) >= 11 is 3.35. The Labute approximate surface area is 155 Å². The van der Waals surface area contributed by atoms with Gasteiger partial charge in [0.15, 0.2) is 0 Å². The van der Waals surface area contributed by atoms with Gasteiger partial charge in [-0.15, -0.1) is 0 Å². The summed E-state index contributed by atoms with van der Waals surface area (Å²) < 4.78 is 6.27. The third-order valence-corrected chi connectivity index (χ3v) is 4.14. The largest absolute Gasteiger partial charge is 0.550 e. The lowest BCUT2D eigenvalue weighted by atomic mass is 9.95. The number of benzene rings is 2. The highest BCUT2D eigenvalue weighted by Crippen LogP contribution is 2.20. The quantitative estimate of drug-likeness (QED) is 0.733. The van der Waals surface area contributed by atoms with Crippen molar-refractivity contribution >= 4 is 33.5 Å². The summed E-state index contributed by atoms with van der Waals surface area (Å²) in [4.78, 5) is 23.5. The van der Waals surface area contributed by atoms with Crippen molar-refractivity contribution in [2.45, 2.75) is 19.8 Å². The van der Waals surface area contributed by atoms with Crippen molar-refractivity contribution < 1.29 is 19.4 Å². The molecule has 1 atom stereocenters. The Balaban J connectivity index is 2.06. The molecular weight excluding hydrogens is 386 g/mol. The Bertz CT molecular complexity index is 713. The van der Waals surface area contributed by atoms with Gasteiger partial charge < -0.3 is 20.0 Å². The van der Waals surface area contributed by atoms with Gasteiger partial charge in [-0.2, -0.15) is 0 Å². The van der Waals surface area contributed by atoms with Crippen molar-refractivity contribution in [3.05, 3.63) is 58.6 Å². The summed E-state index contributed by atoms with van der Waals surface area (Å²) in [6.45, 7) is 2.45. The summed E-state index contributed by atoms with van der Waals surface area (Å²) in [5, 5.41) is 13.8. The lowest BCUT2D eigenvalue weighted by Crippen LogP contribution is -2.32. The topological polar surface area (TPSA) is 78.5 Å². The highest BCUT2D eigenvalue weighted by atomic mass is 79.9. The van der Waals surface area contributed by atoms with E-state index in [-0.39, 0.29) is 12.3 Å². The van der Waals surface area contributed by atoms with Crippen LogP contribution in [-0.4, -0.2) is 18.5 Å². The van der Waals surface area contributed by atoms with Gasteiger partial charge in [0.2, 0.25) is 5.91 Å². The molecule has 1 N–H and O–H groups in total. The van der Waals surface area contributed by atoms with Gasteiger partial charge in [-0.1, -0.05) is 28.1 Å². The number of aliphatic carboxylic acids is 1. The Hall–Kier alpha value is -2.34. The minimum atomic E-state index is -1.25. The van der Waals surface area contributed by atoms with Crippen molar-refractivity contribution in [1.82, 2.24) is 0 Å². The van der Waals surface area contributed by atoms with Gasteiger partial charge in [-0.3, -0.25) is 4.79 Å².